The van der Waals surface area contributed by atoms with Crippen molar-refractivity contribution in [3.8, 4) is 0 Å². The number of nitrogens with two attached hydrogens (primary N) is 1. The zero-order valence-corrected chi connectivity index (χ0v) is 11.8. The number of halogens is 1. The van der Waals surface area contributed by atoms with E-state index in [4.69, 9.17) is 17.3 Å². The van der Waals surface area contributed by atoms with Crippen LogP contribution in [0.3, 0.4) is 0 Å². The Morgan fingerprint density at radius 1 is 1.32 bits per heavy atom. The number of pyridine rings is 1. The number of nitrogen functional groups attached to an aromatic ring is 1. The minimum absolute atomic E-state index is 0.0285. The normalized spacial score (nSPS) is 17.5. The van der Waals surface area contributed by atoms with Crippen LogP contribution in [0.5, 0.6) is 0 Å². The van der Waals surface area contributed by atoms with Crippen LogP contribution >= 0.6 is 11.6 Å². The number of anilines is 1. The first-order chi connectivity index (χ1) is 8.87. The summed E-state index contributed by atoms with van der Waals surface area (Å²) in [7, 11) is 0. The van der Waals surface area contributed by atoms with Crippen LogP contribution in [-0.2, 0) is 6.42 Å². The SMILES string of the molecule is CC1(C)CC(=O)c2c([nH+]c3cc(Cl)ccc3c2N)C1. The van der Waals surface area contributed by atoms with Crippen LogP contribution in [-0.4, -0.2) is 5.78 Å². The number of H-pyrrole nitrogens is 1. The summed E-state index contributed by atoms with van der Waals surface area (Å²) in [6.45, 7) is 4.19. The first kappa shape index (κ1) is 12.4. The lowest BCUT2D eigenvalue weighted by Crippen LogP contribution is -2.33. The van der Waals surface area contributed by atoms with Crippen LogP contribution in [0.2, 0.25) is 5.02 Å². The van der Waals surface area contributed by atoms with Crippen LogP contribution in [0, 0.1) is 5.41 Å². The molecular weight excluding hydrogens is 260 g/mol. The first-order valence-electron chi connectivity index (χ1n) is 6.33. The van der Waals surface area contributed by atoms with Crippen molar-refractivity contribution in [3.63, 3.8) is 0 Å². The molecule has 0 bridgehead atoms. The highest BCUT2D eigenvalue weighted by molar-refractivity contribution is 6.31. The summed E-state index contributed by atoms with van der Waals surface area (Å²) in [5, 5.41) is 1.51. The van der Waals surface area contributed by atoms with Crippen LogP contribution < -0.4 is 10.7 Å². The molecule has 3 rings (SSSR count). The molecule has 0 atom stereocenters. The van der Waals surface area contributed by atoms with Gasteiger partial charge < -0.3 is 5.73 Å². The number of aromatic nitrogens is 1. The third kappa shape index (κ3) is 1.98. The van der Waals surface area contributed by atoms with E-state index in [1.54, 1.807) is 6.07 Å². The Morgan fingerprint density at radius 2 is 2.05 bits per heavy atom. The standard InChI is InChI=1S/C15H15ClN2O/c1-15(2)6-11-13(12(19)7-15)14(17)9-4-3-8(16)5-10(9)18-11/h3-5H,6-7H2,1-2H3,(H2,17,18)/p+1. The van der Waals surface area contributed by atoms with Crippen molar-refractivity contribution in [2.24, 2.45) is 5.41 Å². The van der Waals surface area contributed by atoms with Gasteiger partial charge in [-0.15, -0.1) is 0 Å². The number of ketones is 1. The van der Waals surface area contributed by atoms with Gasteiger partial charge in [0.2, 0.25) is 5.52 Å². The van der Waals surface area contributed by atoms with Gasteiger partial charge in [-0.05, 0) is 17.5 Å². The van der Waals surface area contributed by atoms with Crippen LogP contribution in [0.25, 0.3) is 10.9 Å². The van der Waals surface area contributed by atoms with Crippen molar-refractivity contribution in [2.75, 3.05) is 5.73 Å². The monoisotopic (exact) mass is 275 g/mol. The third-order valence-corrected chi connectivity index (χ3v) is 3.94. The molecular formula is C15H16ClN2O+. The molecule has 1 aliphatic carbocycles. The molecule has 98 valence electrons. The second-order valence-corrected chi connectivity index (χ2v) is 6.46. The molecule has 0 fully saturated rings. The maximum Gasteiger partial charge on any atom is 0.214 e. The topological polar surface area (TPSA) is 57.2 Å². The Kier molecular flexibility index (Phi) is 2.58. The molecule has 0 radical (unpaired) electrons. The van der Waals surface area contributed by atoms with Crippen molar-refractivity contribution >= 4 is 34.0 Å². The summed E-state index contributed by atoms with van der Waals surface area (Å²) >= 11 is 6.01. The number of rotatable bonds is 0. The summed E-state index contributed by atoms with van der Waals surface area (Å²) in [5.41, 5.74) is 9.20. The van der Waals surface area contributed by atoms with Crippen molar-refractivity contribution in [1.29, 1.82) is 0 Å². The molecule has 0 saturated carbocycles. The first-order valence-corrected chi connectivity index (χ1v) is 6.71. The molecule has 3 N–H and O–H groups in total. The fourth-order valence-electron chi connectivity index (χ4n) is 2.89. The van der Waals surface area contributed by atoms with Crippen molar-refractivity contribution in [2.45, 2.75) is 26.7 Å². The molecule has 0 aliphatic heterocycles. The molecule has 0 amide bonds. The molecule has 1 aliphatic rings. The summed E-state index contributed by atoms with van der Waals surface area (Å²) in [6, 6.07) is 5.49. The molecule has 1 heterocycles. The van der Waals surface area contributed by atoms with Gasteiger partial charge in [-0.3, -0.25) is 4.79 Å². The number of carbonyl (C=O) groups is 1. The molecule has 0 saturated heterocycles. The van der Waals surface area contributed by atoms with Crippen LogP contribution in [0.1, 0.15) is 36.3 Å². The Balaban J connectivity index is 2.33. The van der Waals surface area contributed by atoms with Crippen molar-refractivity contribution < 1.29 is 9.78 Å². The molecule has 0 spiro atoms. The summed E-state index contributed by atoms with van der Waals surface area (Å²) in [4.78, 5) is 15.6. The number of benzene rings is 1. The van der Waals surface area contributed by atoms with Gasteiger partial charge in [0, 0.05) is 23.9 Å². The predicted octanol–water partition coefficient (Wildman–Crippen LogP) is 3.04. The van der Waals surface area contributed by atoms with E-state index in [9.17, 15) is 4.79 Å². The molecule has 4 heteroatoms. The van der Waals surface area contributed by atoms with Gasteiger partial charge >= 0.3 is 0 Å². The number of Topliss-reactive ketones (excluding diaryl/α,β-unsaturated/α-hetero) is 1. The number of hydrogen-bond acceptors (Lipinski definition) is 2. The number of carbonyl (C=O) groups excluding carboxylic acids is 1. The van der Waals surface area contributed by atoms with E-state index in [-0.39, 0.29) is 11.2 Å². The number of aromatic amines is 1. The third-order valence-electron chi connectivity index (χ3n) is 3.70. The average Bonchev–Trinajstić information content (AvgIpc) is 2.25. The highest BCUT2D eigenvalue weighted by Crippen LogP contribution is 2.37. The van der Waals surface area contributed by atoms with E-state index >= 15 is 0 Å². The molecule has 19 heavy (non-hydrogen) atoms. The minimum atomic E-state index is -0.0285. The summed E-state index contributed by atoms with van der Waals surface area (Å²) in [5.74, 6) is 0.122. The van der Waals surface area contributed by atoms with Gasteiger partial charge in [0.15, 0.2) is 11.5 Å². The zero-order chi connectivity index (χ0) is 13.8. The van der Waals surface area contributed by atoms with E-state index in [0.29, 0.717) is 22.7 Å². The van der Waals surface area contributed by atoms with Crippen molar-refractivity contribution in [3.05, 3.63) is 34.5 Å². The van der Waals surface area contributed by atoms with Gasteiger partial charge in [0.05, 0.1) is 11.1 Å². The minimum Gasteiger partial charge on any atom is -0.397 e. The van der Waals surface area contributed by atoms with E-state index in [1.165, 1.54) is 0 Å². The fraction of sp³-hybridized carbons (Fsp3) is 0.333. The van der Waals surface area contributed by atoms with E-state index in [1.807, 2.05) is 12.1 Å². The second-order valence-electron chi connectivity index (χ2n) is 6.02. The molecule has 2 aromatic rings. The van der Waals surface area contributed by atoms with E-state index in [0.717, 1.165) is 23.0 Å². The highest BCUT2D eigenvalue weighted by Gasteiger charge is 2.37. The Hall–Kier alpha value is -1.61. The molecule has 1 aromatic carbocycles. The van der Waals surface area contributed by atoms with Gasteiger partial charge in [0.25, 0.3) is 0 Å². The second kappa shape index (κ2) is 3.94. The number of nitrogens with one attached hydrogen (secondary N) is 1. The highest BCUT2D eigenvalue weighted by atomic mass is 35.5. The van der Waals surface area contributed by atoms with Crippen LogP contribution in [0.4, 0.5) is 5.69 Å². The summed E-state index contributed by atoms with van der Waals surface area (Å²) < 4.78 is 0. The smallest absolute Gasteiger partial charge is 0.214 e. The number of hydrogen-bond donors (Lipinski definition) is 1. The average molecular weight is 276 g/mol. The maximum atomic E-state index is 12.3. The predicted molar refractivity (Wildman–Crippen MR) is 76.4 cm³/mol. The van der Waals surface area contributed by atoms with Gasteiger partial charge in [0.1, 0.15) is 5.56 Å². The molecule has 1 aromatic heterocycles. The Bertz CT molecular complexity index is 707. The molecule has 3 nitrogen and oxygen atoms in total. The Morgan fingerprint density at radius 3 is 2.79 bits per heavy atom. The number of fused-ring (bicyclic) bond motifs is 2. The molecule has 0 unspecified atom stereocenters. The lowest BCUT2D eigenvalue weighted by Gasteiger charge is -2.27. The zero-order valence-electron chi connectivity index (χ0n) is 11.0. The summed E-state index contributed by atoms with van der Waals surface area (Å²) in [6.07, 6.45) is 1.36. The van der Waals surface area contributed by atoms with Gasteiger partial charge in [-0.1, -0.05) is 25.4 Å². The quantitative estimate of drug-likeness (QED) is 0.803. The Labute approximate surface area is 116 Å². The van der Waals surface area contributed by atoms with Crippen molar-refractivity contribution in [1.82, 2.24) is 0 Å². The maximum absolute atomic E-state index is 12.3. The van der Waals surface area contributed by atoms with E-state index < -0.39 is 0 Å². The fourth-order valence-corrected chi connectivity index (χ4v) is 3.06. The van der Waals surface area contributed by atoms with Gasteiger partial charge in [-0.25, -0.2) is 4.98 Å². The largest absolute Gasteiger partial charge is 0.397 e. The van der Waals surface area contributed by atoms with Gasteiger partial charge in [-0.2, -0.15) is 0 Å². The van der Waals surface area contributed by atoms with E-state index in [2.05, 4.69) is 18.8 Å². The lowest BCUT2D eigenvalue weighted by atomic mass is 9.75. The van der Waals surface area contributed by atoms with Crippen LogP contribution in [0.15, 0.2) is 18.2 Å². The lowest BCUT2D eigenvalue weighted by molar-refractivity contribution is -0.360.